The molecule has 0 bridgehead atoms. The molecular formula is C11H7F3O3. The Kier molecular flexibility index (Phi) is 4.40. The molecular weight excluding hydrogens is 237 g/mol. The molecule has 0 fully saturated rings. The monoisotopic (exact) mass is 244 g/mol. The number of benzene rings is 1. The van der Waals surface area contributed by atoms with Gasteiger partial charge in [-0.3, -0.25) is 0 Å². The molecule has 0 saturated carbocycles. The van der Waals surface area contributed by atoms with Gasteiger partial charge in [-0.1, -0.05) is 6.07 Å². The van der Waals surface area contributed by atoms with Crippen LogP contribution in [0.3, 0.4) is 0 Å². The average molecular weight is 244 g/mol. The number of ether oxygens (including phenoxy) is 2. The molecule has 0 aromatic heterocycles. The second-order valence-electron chi connectivity index (χ2n) is 2.73. The molecule has 1 aromatic rings. The maximum Gasteiger partial charge on any atom is 0.387 e. The van der Waals surface area contributed by atoms with Crippen LogP contribution in [-0.2, 0) is 9.53 Å². The molecule has 90 valence electrons. The Bertz CT molecular complexity index is 475. The van der Waals surface area contributed by atoms with Crippen molar-refractivity contribution in [1.29, 1.82) is 0 Å². The van der Waals surface area contributed by atoms with Gasteiger partial charge in [0.15, 0.2) is 0 Å². The lowest BCUT2D eigenvalue weighted by Crippen LogP contribution is -2.04. The van der Waals surface area contributed by atoms with E-state index in [2.05, 4.69) is 15.4 Å². The van der Waals surface area contributed by atoms with Crippen LogP contribution in [0.5, 0.6) is 5.75 Å². The highest BCUT2D eigenvalue weighted by Gasteiger charge is 2.12. The van der Waals surface area contributed by atoms with E-state index in [1.165, 1.54) is 6.07 Å². The largest absolute Gasteiger partial charge is 0.459 e. The number of hydrogen-bond donors (Lipinski definition) is 0. The summed E-state index contributed by atoms with van der Waals surface area (Å²) in [5.74, 6) is 1.81. The molecule has 1 aromatic carbocycles. The SMILES string of the molecule is COC(=O)C#Cc1c(F)cccc1OC(F)F. The van der Waals surface area contributed by atoms with Gasteiger partial charge in [0.25, 0.3) is 0 Å². The third-order valence-corrected chi connectivity index (χ3v) is 1.67. The summed E-state index contributed by atoms with van der Waals surface area (Å²) in [4.78, 5) is 10.7. The first-order chi connectivity index (χ1) is 8.04. The number of carbonyl (C=O) groups excluding carboxylic acids is 1. The summed E-state index contributed by atoms with van der Waals surface area (Å²) in [7, 11) is 1.09. The molecule has 0 aliphatic rings. The van der Waals surface area contributed by atoms with E-state index in [4.69, 9.17) is 0 Å². The van der Waals surface area contributed by atoms with Crippen molar-refractivity contribution in [1.82, 2.24) is 0 Å². The van der Waals surface area contributed by atoms with Gasteiger partial charge in [0.05, 0.1) is 7.11 Å². The lowest BCUT2D eigenvalue weighted by Gasteiger charge is -2.06. The summed E-state index contributed by atoms with van der Waals surface area (Å²) in [6.45, 7) is -3.10. The van der Waals surface area contributed by atoms with Crippen molar-refractivity contribution in [3.05, 3.63) is 29.6 Å². The summed E-state index contributed by atoms with van der Waals surface area (Å²) in [6.07, 6.45) is 0. The molecule has 0 unspecified atom stereocenters. The third kappa shape index (κ3) is 3.72. The zero-order valence-electron chi connectivity index (χ0n) is 8.67. The predicted octanol–water partition coefficient (Wildman–Crippen LogP) is 1.95. The first-order valence-corrected chi connectivity index (χ1v) is 4.38. The Labute approximate surface area is 95.1 Å². The zero-order valence-corrected chi connectivity index (χ0v) is 8.67. The smallest absolute Gasteiger partial charge is 0.387 e. The van der Waals surface area contributed by atoms with Crippen LogP contribution in [0.1, 0.15) is 5.56 Å². The van der Waals surface area contributed by atoms with Crippen molar-refractivity contribution >= 4 is 5.97 Å². The van der Waals surface area contributed by atoms with Gasteiger partial charge in [-0.15, -0.1) is 0 Å². The summed E-state index contributed by atoms with van der Waals surface area (Å²) in [5, 5.41) is 0. The third-order valence-electron chi connectivity index (χ3n) is 1.67. The molecule has 6 heteroatoms. The topological polar surface area (TPSA) is 35.5 Å². The lowest BCUT2D eigenvalue weighted by molar-refractivity contribution is -0.133. The fourth-order valence-corrected chi connectivity index (χ4v) is 0.984. The van der Waals surface area contributed by atoms with E-state index in [1.54, 1.807) is 0 Å². The molecule has 0 spiro atoms. The molecule has 0 amide bonds. The van der Waals surface area contributed by atoms with Crippen molar-refractivity contribution in [2.45, 2.75) is 6.61 Å². The fourth-order valence-electron chi connectivity index (χ4n) is 0.984. The number of alkyl halides is 2. The van der Waals surface area contributed by atoms with E-state index in [9.17, 15) is 18.0 Å². The maximum atomic E-state index is 13.3. The average Bonchev–Trinajstić information content (AvgIpc) is 2.27. The quantitative estimate of drug-likeness (QED) is 0.589. The van der Waals surface area contributed by atoms with Crippen LogP contribution in [0, 0.1) is 17.7 Å². The molecule has 0 radical (unpaired) electrons. The zero-order chi connectivity index (χ0) is 12.8. The maximum absolute atomic E-state index is 13.3. The van der Waals surface area contributed by atoms with Crippen molar-refractivity contribution in [2.75, 3.05) is 7.11 Å². The van der Waals surface area contributed by atoms with Crippen LogP contribution >= 0.6 is 0 Å². The first kappa shape index (κ1) is 12.9. The van der Waals surface area contributed by atoms with Gasteiger partial charge in [0, 0.05) is 5.92 Å². The van der Waals surface area contributed by atoms with E-state index in [0.717, 1.165) is 19.2 Å². The molecule has 3 nitrogen and oxygen atoms in total. The van der Waals surface area contributed by atoms with Crippen molar-refractivity contribution < 1.29 is 27.4 Å². The van der Waals surface area contributed by atoms with E-state index in [1.807, 2.05) is 5.92 Å². The summed E-state index contributed by atoms with van der Waals surface area (Å²) in [6, 6.07) is 3.33. The lowest BCUT2D eigenvalue weighted by atomic mass is 10.2. The highest BCUT2D eigenvalue weighted by Crippen LogP contribution is 2.22. The summed E-state index contributed by atoms with van der Waals surface area (Å²) < 4.78 is 45.6. The molecule has 0 N–H and O–H groups in total. The molecule has 0 heterocycles. The fraction of sp³-hybridized carbons (Fsp3) is 0.182. The number of halogens is 3. The minimum atomic E-state index is -3.10. The first-order valence-electron chi connectivity index (χ1n) is 4.38. The van der Waals surface area contributed by atoms with Crippen molar-refractivity contribution in [3.63, 3.8) is 0 Å². The van der Waals surface area contributed by atoms with E-state index < -0.39 is 29.7 Å². The van der Waals surface area contributed by atoms with Crippen LogP contribution in [-0.4, -0.2) is 19.7 Å². The molecule has 0 atom stereocenters. The van der Waals surface area contributed by atoms with Gasteiger partial charge in [-0.2, -0.15) is 8.78 Å². The number of rotatable bonds is 2. The van der Waals surface area contributed by atoms with Gasteiger partial charge in [-0.05, 0) is 18.1 Å². The minimum Gasteiger partial charge on any atom is -0.459 e. The Morgan fingerprint density at radius 2 is 2.12 bits per heavy atom. The molecule has 0 aliphatic carbocycles. The number of esters is 1. The number of hydrogen-bond acceptors (Lipinski definition) is 3. The van der Waals surface area contributed by atoms with Crippen LogP contribution in [0.15, 0.2) is 18.2 Å². The van der Waals surface area contributed by atoms with Gasteiger partial charge >= 0.3 is 12.6 Å². The van der Waals surface area contributed by atoms with Crippen LogP contribution in [0.2, 0.25) is 0 Å². The standard InChI is InChI=1S/C11H7F3O3/c1-16-10(15)6-5-7-8(12)3-2-4-9(7)17-11(13)14/h2-4,11H,1H3. The molecule has 0 saturated heterocycles. The Balaban J connectivity index is 3.10. The van der Waals surface area contributed by atoms with Gasteiger partial charge < -0.3 is 9.47 Å². The molecule has 1 rings (SSSR count). The summed E-state index contributed by atoms with van der Waals surface area (Å²) in [5.41, 5.74) is -0.418. The van der Waals surface area contributed by atoms with Gasteiger partial charge in [0.2, 0.25) is 0 Å². The van der Waals surface area contributed by atoms with Crippen LogP contribution < -0.4 is 4.74 Å². The Morgan fingerprint density at radius 3 is 2.71 bits per heavy atom. The van der Waals surface area contributed by atoms with Crippen LogP contribution in [0.25, 0.3) is 0 Å². The van der Waals surface area contributed by atoms with E-state index in [-0.39, 0.29) is 0 Å². The van der Waals surface area contributed by atoms with Gasteiger partial charge in [0.1, 0.15) is 17.1 Å². The normalized spacial score (nSPS) is 9.47. The van der Waals surface area contributed by atoms with Crippen molar-refractivity contribution in [2.24, 2.45) is 0 Å². The van der Waals surface area contributed by atoms with Gasteiger partial charge in [-0.25, -0.2) is 9.18 Å². The van der Waals surface area contributed by atoms with E-state index in [0.29, 0.717) is 0 Å². The van der Waals surface area contributed by atoms with E-state index >= 15 is 0 Å². The highest BCUT2D eigenvalue weighted by atomic mass is 19.3. The van der Waals surface area contributed by atoms with Crippen LogP contribution in [0.4, 0.5) is 13.2 Å². The predicted molar refractivity (Wildman–Crippen MR) is 51.9 cm³/mol. The number of methoxy groups -OCH3 is 1. The molecule has 17 heavy (non-hydrogen) atoms. The second-order valence-corrected chi connectivity index (χ2v) is 2.73. The Hall–Kier alpha value is -2.16. The Morgan fingerprint density at radius 1 is 1.41 bits per heavy atom. The second kappa shape index (κ2) is 5.80. The number of carbonyl (C=O) groups is 1. The highest BCUT2D eigenvalue weighted by molar-refractivity contribution is 5.89. The molecule has 0 aliphatic heterocycles. The minimum absolute atomic E-state index is 0.418. The van der Waals surface area contributed by atoms with Crippen molar-refractivity contribution in [3.8, 4) is 17.6 Å². The summed E-state index contributed by atoms with van der Waals surface area (Å²) >= 11 is 0.